The summed E-state index contributed by atoms with van der Waals surface area (Å²) in [5.41, 5.74) is 1.13. The van der Waals surface area contributed by atoms with E-state index in [9.17, 15) is 5.11 Å². The van der Waals surface area contributed by atoms with E-state index in [1.54, 1.807) is 20.3 Å². The molecule has 0 heterocycles. The number of hydrogen-bond donors (Lipinski definition) is 1. The monoisotopic (exact) mass is 264 g/mol. The number of rotatable bonds is 5. The van der Waals surface area contributed by atoms with Crippen molar-refractivity contribution in [2.45, 2.75) is 24.5 Å². The minimum Gasteiger partial charge on any atom is -0.497 e. The number of benzene rings is 1. The van der Waals surface area contributed by atoms with Crippen LogP contribution in [0.1, 0.15) is 17.9 Å². The van der Waals surface area contributed by atoms with Gasteiger partial charge in [0, 0.05) is 13.0 Å². The second-order valence-electron chi connectivity index (χ2n) is 4.61. The molecule has 0 amide bonds. The Bertz CT molecular complexity index is 413. The van der Waals surface area contributed by atoms with Gasteiger partial charge in [0.15, 0.2) is 0 Å². The number of methoxy groups -OCH3 is 2. The molecule has 0 fully saturated rings. The minimum absolute atomic E-state index is 0.0725. The van der Waals surface area contributed by atoms with Gasteiger partial charge in [-0.05, 0) is 24.1 Å². The summed E-state index contributed by atoms with van der Waals surface area (Å²) < 4.78 is 15.8. The van der Waals surface area contributed by atoms with Crippen LogP contribution in [0.3, 0.4) is 0 Å². The second-order valence-corrected chi connectivity index (χ2v) is 4.61. The van der Waals surface area contributed by atoms with Crippen molar-refractivity contribution < 1.29 is 19.3 Å². The van der Waals surface area contributed by atoms with Gasteiger partial charge in [0.25, 0.3) is 0 Å². The SMILES string of the molecule is COCO[C@@H]1C=C[C@H](O)C[C@H]1c1ccc(OC)cc1. The van der Waals surface area contributed by atoms with Gasteiger partial charge in [-0.25, -0.2) is 0 Å². The van der Waals surface area contributed by atoms with Crippen LogP contribution in [0.15, 0.2) is 36.4 Å². The fraction of sp³-hybridized carbons (Fsp3) is 0.467. The average Bonchev–Trinajstić information content (AvgIpc) is 2.46. The molecule has 0 spiro atoms. The van der Waals surface area contributed by atoms with E-state index in [2.05, 4.69) is 0 Å². The molecule has 1 aromatic rings. The summed E-state index contributed by atoms with van der Waals surface area (Å²) >= 11 is 0. The summed E-state index contributed by atoms with van der Waals surface area (Å²) in [7, 11) is 3.25. The van der Waals surface area contributed by atoms with Crippen LogP contribution in [0.2, 0.25) is 0 Å². The van der Waals surface area contributed by atoms with Crippen LogP contribution < -0.4 is 4.74 Å². The maximum Gasteiger partial charge on any atom is 0.147 e. The van der Waals surface area contributed by atoms with Crippen molar-refractivity contribution in [3.8, 4) is 5.75 Å². The van der Waals surface area contributed by atoms with Crippen molar-refractivity contribution in [3.05, 3.63) is 42.0 Å². The van der Waals surface area contributed by atoms with Gasteiger partial charge in [0.1, 0.15) is 12.5 Å². The van der Waals surface area contributed by atoms with Crippen molar-refractivity contribution >= 4 is 0 Å². The summed E-state index contributed by atoms with van der Waals surface area (Å²) in [6.07, 6.45) is 3.84. The lowest BCUT2D eigenvalue weighted by molar-refractivity contribution is -0.0690. The lowest BCUT2D eigenvalue weighted by Gasteiger charge is -2.30. The molecule has 19 heavy (non-hydrogen) atoms. The van der Waals surface area contributed by atoms with E-state index in [0.717, 1.165) is 11.3 Å². The topological polar surface area (TPSA) is 47.9 Å². The Morgan fingerprint density at radius 2 is 1.89 bits per heavy atom. The summed E-state index contributed by atoms with van der Waals surface area (Å²) in [4.78, 5) is 0. The molecule has 1 aliphatic rings. The number of ether oxygens (including phenoxy) is 3. The van der Waals surface area contributed by atoms with Crippen LogP contribution in [0.5, 0.6) is 5.75 Å². The molecule has 4 nitrogen and oxygen atoms in total. The first-order valence-corrected chi connectivity index (χ1v) is 6.35. The largest absolute Gasteiger partial charge is 0.497 e. The van der Waals surface area contributed by atoms with E-state index in [0.29, 0.717) is 6.42 Å². The molecule has 0 unspecified atom stereocenters. The molecule has 1 aromatic carbocycles. The van der Waals surface area contributed by atoms with E-state index in [1.807, 2.05) is 30.3 Å². The summed E-state index contributed by atoms with van der Waals surface area (Å²) in [6.45, 7) is 0.248. The molecule has 0 radical (unpaired) electrons. The van der Waals surface area contributed by atoms with Gasteiger partial charge < -0.3 is 19.3 Å². The van der Waals surface area contributed by atoms with E-state index < -0.39 is 6.10 Å². The maximum absolute atomic E-state index is 9.79. The standard InChI is InChI=1S/C15H20O4/c1-17-10-19-15-8-5-12(16)9-14(15)11-3-6-13(18-2)7-4-11/h3-8,12,14-16H,9-10H2,1-2H3/t12-,14-,15+/m0/s1. The van der Waals surface area contributed by atoms with Crippen LogP contribution in [-0.2, 0) is 9.47 Å². The molecule has 4 heteroatoms. The van der Waals surface area contributed by atoms with Crippen LogP contribution in [0.4, 0.5) is 0 Å². The third-order valence-electron chi connectivity index (χ3n) is 3.34. The summed E-state index contributed by atoms with van der Waals surface area (Å²) in [5.74, 6) is 0.950. The zero-order valence-electron chi connectivity index (χ0n) is 11.3. The van der Waals surface area contributed by atoms with Crippen LogP contribution in [0.25, 0.3) is 0 Å². The van der Waals surface area contributed by atoms with Crippen molar-refractivity contribution in [3.63, 3.8) is 0 Å². The molecule has 1 aliphatic carbocycles. The second kappa shape index (κ2) is 6.70. The molecular weight excluding hydrogens is 244 g/mol. The van der Waals surface area contributed by atoms with E-state index in [4.69, 9.17) is 14.2 Å². The molecule has 0 saturated heterocycles. The first kappa shape index (κ1) is 14.1. The van der Waals surface area contributed by atoms with Gasteiger partial charge >= 0.3 is 0 Å². The lowest BCUT2D eigenvalue weighted by Crippen LogP contribution is -2.28. The average molecular weight is 264 g/mol. The quantitative estimate of drug-likeness (QED) is 0.653. The Balaban J connectivity index is 2.15. The highest BCUT2D eigenvalue weighted by Gasteiger charge is 2.27. The molecular formula is C15H20O4. The van der Waals surface area contributed by atoms with Gasteiger partial charge in [-0.15, -0.1) is 0 Å². The number of hydrogen-bond acceptors (Lipinski definition) is 4. The molecule has 3 atom stereocenters. The molecule has 2 rings (SSSR count). The third-order valence-corrected chi connectivity index (χ3v) is 3.34. The summed E-state index contributed by atoms with van der Waals surface area (Å²) in [5, 5.41) is 9.79. The molecule has 0 aliphatic heterocycles. The first-order chi connectivity index (χ1) is 9.24. The zero-order chi connectivity index (χ0) is 13.7. The van der Waals surface area contributed by atoms with Gasteiger partial charge in [-0.2, -0.15) is 0 Å². The van der Waals surface area contributed by atoms with Crippen molar-refractivity contribution in [2.24, 2.45) is 0 Å². The normalized spacial score (nSPS) is 26.4. The van der Waals surface area contributed by atoms with Crippen molar-refractivity contribution in [2.75, 3.05) is 21.0 Å². The van der Waals surface area contributed by atoms with Gasteiger partial charge in [0.05, 0.1) is 19.3 Å². The maximum atomic E-state index is 9.79. The Morgan fingerprint density at radius 1 is 1.16 bits per heavy atom. The predicted molar refractivity (Wildman–Crippen MR) is 72.2 cm³/mol. The molecule has 0 aromatic heterocycles. The van der Waals surface area contributed by atoms with Gasteiger partial charge in [-0.1, -0.05) is 24.3 Å². The Hall–Kier alpha value is -1.36. The van der Waals surface area contributed by atoms with Crippen LogP contribution in [0, 0.1) is 0 Å². The minimum atomic E-state index is -0.422. The highest BCUT2D eigenvalue weighted by atomic mass is 16.7. The fourth-order valence-corrected chi connectivity index (χ4v) is 2.34. The highest BCUT2D eigenvalue weighted by Crippen LogP contribution is 2.32. The molecule has 104 valence electrons. The molecule has 0 bridgehead atoms. The Morgan fingerprint density at radius 3 is 2.53 bits per heavy atom. The molecule has 1 N–H and O–H groups in total. The summed E-state index contributed by atoms with van der Waals surface area (Å²) in [6, 6.07) is 7.87. The third kappa shape index (κ3) is 3.56. The van der Waals surface area contributed by atoms with Gasteiger partial charge in [0.2, 0.25) is 0 Å². The van der Waals surface area contributed by atoms with Crippen molar-refractivity contribution in [1.82, 2.24) is 0 Å². The van der Waals surface area contributed by atoms with E-state index >= 15 is 0 Å². The smallest absolute Gasteiger partial charge is 0.147 e. The Labute approximate surface area is 113 Å². The van der Waals surface area contributed by atoms with Crippen molar-refractivity contribution in [1.29, 1.82) is 0 Å². The van der Waals surface area contributed by atoms with E-state index in [-0.39, 0.29) is 18.8 Å². The fourth-order valence-electron chi connectivity index (χ4n) is 2.34. The van der Waals surface area contributed by atoms with Crippen LogP contribution >= 0.6 is 0 Å². The predicted octanol–water partition coefficient (Wildman–Crippen LogP) is 2.09. The van der Waals surface area contributed by atoms with Gasteiger partial charge in [-0.3, -0.25) is 0 Å². The van der Waals surface area contributed by atoms with Crippen LogP contribution in [-0.4, -0.2) is 38.3 Å². The number of aliphatic hydroxyl groups excluding tert-OH is 1. The first-order valence-electron chi connectivity index (χ1n) is 6.35. The molecule has 0 saturated carbocycles. The highest BCUT2D eigenvalue weighted by molar-refractivity contribution is 5.31. The lowest BCUT2D eigenvalue weighted by atomic mass is 9.84. The zero-order valence-corrected chi connectivity index (χ0v) is 11.3. The Kier molecular flexibility index (Phi) is 4.96. The van der Waals surface area contributed by atoms with E-state index in [1.165, 1.54) is 0 Å². The number of aliphatic hydroxyl groups is 1.